The van der Waals surface area contributed by atoms with Crippen molar-refractivity contribution in [3.8, 4) is 11.5 Å². The van der Waals surface area contributed by atoms with E-state index in [-0.39, 0.29) is 49.1 Å². The van der Waals surface area contributed by atoms with Crippen LogP contribution in [0.2, 0.25) is 0 Å². The van der Waals surface area contributed by atoms with E-state index >= 15 is 0 Å². The SMILES string of the molecule is O=C(NCC(=O)N1CCN(S(=O)(=O)c2ccc3c(c2)OCCCO3)CC1)c1cccc(F)c1. The lowest BCUT2D eigenvalue weighted by atomic mass is 10.2. The number of carbonyl (C=O) groups excluding carboxylic acids is 2. The third-order valence-corrected chi connectivity index (χ3v) is 7.33. The number of amides is 2. The van der Waals surface area contributed by atoms with Crippen molar-refractivity contribution in [2.24, 2.45) is 0 Å². The van der Waals surface area contributed by atoms with Gasteiger partial charge in [0.05, 0.1) is 24.7 Å². The van der Waals surface area contributed by atoms with Crippen LogP contribution < -0.4 is 14.8 Å². The summed E-state index contributed by atoms with van der Waals surface area (Å²) in [6, 6.07) is 9.72. The molecular formula is C22H24FN3O6S. The molecule has 2 aromatic rings. The number of nitrogens with zero attached hydrogens (tertiary/aromatic N) is 2. The van der Waals surface area contributed by atoms with Gasteiger partial charge in [0, 0.05) is 44.2 Å². The van der Waals surface area contributed by atoms with Gasteiger partial charge in [-0.05, 0) is 30.3 Å². The maximum absolute atomic E-state index is 13.3. The van der Waals surface area contributed by atoms with Gasteiger partial charge in [0.2, 0.25) is 15.9 Å². The number of hydrogen-bond donors (Lipinski definition) is 1. The van der Waals surface area contributed by atoms with E-state index < -0.39 is 21.7 Å². The summed E-state index contributed by atoms with van der Waals surface area (Å²) in [6.45, 7) is 1.34. The standard InChI is InChI=1S/C22H24FN3O6S/c23-17-4-1-3-16(13-17)22(28)24-15-21(27)25-7-9-26(10-8-25)33(29,30)18-5-6-19-20(14-18)32-12-2-11-31-19/h1,3-6,13-14H,2,7-12,15H2,(H,24,28). The van der Waals surface area contributed by atoms with Crippen LogP contribution >= 0.6 is 0 Å². The number of fused-ring (bicyclic) bond motifs is 1. The van der Waals surface area contributed by atoms with Gasteiger partial charge in [-0.3, -0.25) is 9.59 Å². The Balaban J connectivity index is 1.33. The van der Waals surface area contributed by atoms with Gasteiger partial charge < -0.3 is 19.7 Å². The van der Waals surface area contributed by atoms with E-state index in [0.717, 1.165) is 12.5 Å². The molecule has 0 saturated carbocycles. The Bertz CT molecular complexity index is 1150. The largest absolute Gasteiger partial charge is 0.490 e. The summed E-state index contributed by atoms with van der Waals surface area (Å²) < 4.78 is 51.9. The number of hydrogen-bond acceptors (Lipinski definition) is 6. The Morgan fingerprint density at radius 1 is 0.970 bits per heavy atom. The minimum atomic E-state index is -3.77. The van der Waals surface area contributed by atoms with Gasteiger partial charge in [-0.1, -0.05) is 6.07 Å². The molecule has 2 aliphatic heterocycles. The highest BCUT2D eigenvalue weighted by Crippen LogP contribution is 2.33. The van der Waals surface area contributed by atoms with Gasteiger partial charge >= 0.3 is 0 Å². The quantitative estimate of drug-likeness (QED) is 0.695. The van der Waals surface area contributed by atoms with Gasteiger partial charge in [-0.25, -0.2) is 12.8 Å². The molecular weight excluding hydrogens is 453 g/mol. The fraction of sp³-hybridized carbons (Fsp3) is 0.364. The van der Waals surface area contributed by atoms with E-state index in [1.807, 2.05) is 0 Å². The van der Waals surface area contributed by atoms with Crippen LogP contribution in [-0.4, -0.2) is 75.4 Å². The van der Waals surface area contributed by atoms with Gasteiger partial charge in [0.25, 0.3) is 5.91 Å². The third-order valence-electron chi connectivity index (χ3n) is 5.44. The second kappa shape index (κ2) is 9.75. The van der Waals surface area contributed by atoms with Crippen molar-refractivity contribution < 1.29 is 31.9 Å². The van der Waals surface area contributed by atoms with E-state index in [4.69, 9.17) is 9.47 Å². The number of ether oxygens (including phenoxy) is 2. The zero-order valence-corrected chi connectivity index (χ0v) is 18.6. The zero-order chi connectivity index (χ0) is 23.4. The second-order valence-corrected chi connectivity index (χ2v) is 9.57. The molecule has 2 heterocycles. The smallest absolute Gasteiger partial charge is 0.251 e. The Labute approximate surface area is 191 Å². The minimum Gasteiger partial charge on any atom is -0.490 e. The molecule has 1 fully saturated rings. The molecule has 2 amide bonds. The van der Waals surface area contributed by atoms with Crippen molar-refractivity contribution in [1.29, 1.82) is 0 Å². The van der Waals surface area contributed by atoms with Crippen LogP contribution in [0.3, 0.4) is 0 Å². The van der Waals surface area contributed by atoms with Crippen LogP contribution in [0.15, 0.2) is 47.4 Å². The number of halogens is 1. The van der Waals surface area contributed by atoms with Crippen LogP contribution in [0.25, 0.3) is 0 Å². The summed E-state index contributed by atoms with van der Waals surface area (Å²) in [7, 11) is -3.77. The van der Waals surface area contributed by atoms with Crippen LogP contribution in [0.4, 0.5) is 4.39 Å². The second-order valence-electron chi connectivity index (χ2n) is 7.64. The number of rotatable bonds is 5. The highest BCUT2D eigenvalue weighted by Gasteiger charge is 2.31. The molecule has 2 aromatic carbocycles. The van der Waals surface area contributed by atoms with E-state index in [1.165, 1.54) is 39.5 Å². The van der Waals surface area contributed by atoms with Gasteiger partial charge in [-0.15, -0.1) is 0 Å². The van der Waals surface area contributed by atoms with Crippen molar-refractivity contribution in [3.05, 3.63) is 53.8 Å². The molecule has 33 heavy (non-hydrogen) atoms. The zero-order valence-electron chi connectivity index (χ0n) is 17.8. The molecule has 1 saturated heterocycles. The van der Waals surface area contributed by atoms with E-state index in [0.29, 0.717) is 24.7 Å². The van der Waals surface area contributed by atoms with Crippen LogP contribution in [-0.2, 0) is 14.8 Å². The topological polar surface area (TPSA) is 105 Å². The summed E-state index contributed by atoms with van der Waals surface area (Å²) >= 11 is 0. The molecule has 0 spiro atoms. The van der Waals surface area contributed by atoms with Crippen molar-refractivity contribution in [1.82, 2.24) is 14.5 Å². The molecule has 176 valence electrons. The van der Waals surface area contributed by atoms with Gasteiger partial charge in [-0.2, -0.15) is 4.31 Å². The lowest BCUT2D eigenvalue weighted by molar-refractivity contribution is -0.131. The lowest BCUT2D eigenvalue weighted by Gasteiger charge is -2.34. The Morgan fingerprint density at radius 3 is 2.42 bits per heavy atom. The maximum Gasteiger partial charge on any atom is 0.251 e. The maximum atomic E-state index is 13.3. The van der Waals surface area contributed by atoms with Crippen molar-refractivity contribution in [2.75, 3.05) is 45.9 Å². The number of piperazine rings is 1. The molecule has 4 rings (SSSR count). The number of carbonyl (C=O) groups is 2. The summed E-state index contributed by atoms with van der Waals surface area (Å²) in [6.07, 6.45) is 0.718. The van der Waals surface area contributed by atoms with Crippen molar-refractivity contribution >= 4 is 21.8 Å². The highest BCUT2D eigenvalue weighted by molar-refractivity contribution is 7.89. The molecule has 0 atom stereocenters. The fourth-order valence-electron chi connectivity index (χ4n) is 3.63. The fourth-order valence-corrected chi connectivity index (χ4v) is 5.07. The normalized spacial score (nSPS) is 16.7. The number of benzene rings is 2. The molecule has 0 radical (unpaired) electrons. The van der Waals surface area contributed by atoms with Crippen molar-refractivity contribution in [3.63, 3.8) is 0 Å². The summed E-state index contributed by atoms with van der Waals surface area (Å²) in [4.78, 5) is 26.1. The number of nitrogens with one attached hydrogen (secondary N) is 1. The lowest BCUT2D eigenvalue weighted by Crippen LogP contribution is -2.52. The Kier molecular flexibility index (Phi) is 6.80. The monoisotopic (exact) mass is 477 g/mol. The number of sulfonamides is 1. The van der Waals surface area contributed by atoms with E-state index in [2.05, 4.69) is 5.32 Å². The predicted molar refractivity (Wildman–Crippen MR) is 116 cm³/mol. The molecule has 0 aromatic heterocycles. The molecule has 9 nitrogen and oxygen atoms in total. The first-order valence-corrected chi connectivity index (χ1v) is 12.0. The van der Waals surface area contributed by atoms with Crippen molar-refractivity contribution in [2.45, 2.75) is 11.3 Å². The van der Waals surface area contributed by atoms with Gasteiger partial charge in [0.1, 0.15) is 5.82 Å². The average molecular weight is 478 g/mol. The first-order chi connectivity index (χ1) is 15.8. The average Bonchev–Trinajstić information content (AvgIpc) is 3.07. The first kappa shape index (κ1) is 23.0. The summed E-state index contributed by atoms with van der Waals surface area (Å²) in [5, 5.41) is 2.47. The Hall–Kier alpha value is -3.18. The van der Waals surface area contributed by atoms with Crippen LogP contribution in [0.5, 0.6) is 11.5 Å². The molecule has 11 heteroatoms. The predicted octanol–water partition coefficient (Wildman–Crippen LogP) is 1.25. The van der Waals surface area contributed by atoms with E-state index in [1.54, 1.807) is 6.07 Å². The summed E-state index contributed by atoms with van der Waals surface area (Å²) in [5.41, 5.74) is 0.119. The Morgan fingerprint density at radius 2 is 1.70 bits per heavy atom. The first-order valence-electron chi connectivity index (χ1n) is 10.6. The molecule has 1 N–H and O–H groups in total. The molecule has 0 unspecified atom stereocenters. The minimum absolute atomic E-state index is 0.105. The van der Waals surface area contributed by atoms with Gasteiger partial charge in [0.15, 0.2) is 11.5 Å². The molecule has 2 aliphatic rings. The molecule has 0 aliphatic carbocycles. The third kappa shape index (κ3) is 5.25. The highest BCUT2D eigenvalue weighted by atomic mass is 32.2. The summed E-state index contributed by atoms with van der Waals surface area (Å²) in [5.74, 6) is -0.524. The van der Waals surface area contributed by atoms with Crippen LogP contribution in [0.1, 0.15) is 16.8 Å². The van der Waals surface area contributed by atoms with E-state index in [9.17, 15) is 22.4 Å². The van der Waals surface area contributed by atoms with Crippen LogP contribution in [0, 0.1) is 5.82 Å². The molecule has 0 bridgehead atoms.